The maximum absolute atomic E-state index is 6.40. The summed E-state index contributed by atoms with van der Waals surface area (Å²) in [5.41, 5.74) is 9.49. The van der Waals surface area contributed by atoms with Crippen LogP contribution in [0.4, 0.5) is 0 Å². The maximum atomic E-state index is 6.40. The van der Waals surface area contributed by atoms with Gasteiger partial charge in [-0.2, -0.15) is 0 Å². The smallest absolute Gasteiger partial charge is 0.120 e. The molecule has 0 unspecified atom stereocenters. The van der Waals surface area contributed by atoms with E-state index in [9.17, 15) is 0 Å². The molecule has 0 fully saturated rings. The van der Waals surface area contributed by atoms with E-state index in [1.165, 1.54) is 0 Å². The molecule has 46 heavy (non-hydrogen) atoms. The average molecular weight is 777 g/mol. The first-order valence-electron chi connectivity index (χ1n) is 15.0. The molecule has 0 saturated carbocycles. The van der Waals surface area contributed by atoms with Crippen molar-refractivity contribution < 1.29 is 24.5 Å². The predicted molar refractivity (Wildman–Crippen MR) is 182 cm³/mol. The van der Waals surface area contributed by atoms with Crippen LogP contribution in [0.1, 0.15) is 32.0 Å². The normalized spacial score (nSPS) is 11.3. The largest absolute Gasteiger partial charge is 0.501 e. The summed E-state index contributed by atoms with van der Waals surface area (Å²) < 4.78 is 8.60. The molecule has 8 aromatic rings. The van der Waals surface area contributed by atoms with E-state index in [2.05, 4.69) is 67.6 Å². The summed E-state index contributed by atoms with van der Waals surface area (Å²) >= 11 is 0. The fourth-order valence-electron chi connectivity index (χ4n) is 5.73. The molecule has 0 N–H and O–H groups in total. The number of nitrogens with zero attached hydrogens (tertiary/aromatic N) is 4. The Morgan fingerprint density at radius 3 is 2.26 bits per heavy atom. The quantitative estimate of drug-likeness (QED) is 0.168. The second-order valence-electron chi connectivity index (χ2n) is 12.0. The zero-order valence-electron chi connectivity index (χ0n) is 26.1. The zero-order chi connectivity index (χ0) is 31.0. The number of hydrogen-bond donors (Lipinski definition) is 0. The number of hydrogen-bond acceptors (Lipinski definition) is 4. The average Bonchev–Trinajstić information content (AvgIpc) is 3.66. The van der Waals surface area contributed by atoms with Crippen LogP contribution >= 0.6 is 0 Å². The summed E-state index contributed by atoms with van der Waals surface area (Å²) in [5, 5.41) is 2.22. The number of rotatable bonds is 3. The van der Waals surface area contributed by atoms with E-state index in [0.717, 1.165) is 72.6 Å². The SMILES string of the molecule is Cc1c[c-]c(-c2nc3c(C(C)(C)C)nccc3n2-c2ccccc2)c2oc3ccccc3c12.[Ir].[c-]1ccccc1-c1ccccn1. The minimum Gasteiger partial charge on any atom is -0.501 e. The van der Waals surface area contributed by atoms with Crippen molar-refractivity contribution in [1.82, 2.24) is 19.5 Å². The van der Waals surface area contributed by atoms with Crippen LogP contribution in [-0.4, -0.2) is 19.5 Å². The third-order valence-electron chi connectivity index (χ3n) is 7.82. The molecule has 4 aromatic heterocycles. The molecule has 0 spiro atoms. The summed E-state index contributed by atoms with van der Waals surface area (Å²) in [6, 6.07) is 42.9. The van der Waals surface area contributed by atoms with Gasteiger partial charge in [-0.1, -0.05) is 87.2 Å². The van der Waals surface area contributed by atoms with Crippen molar-refractivity contribution in [3.8, 4) is 28.3 Å². The molecular formula is C40H32IrN4O-2. The van der Waals surface area contributed by atoms with Crippen LogP contribution in [-0.2, 0) is 25.5 Å². The summed E-state index contributed by atoms with van der Waals surface area (Å²) in [7, 11) is 0. The summed E-state index contributed by atoms with van der Waals surface area (Å²) in [4.78, 5) is 14.1. The van der Waals surface area contributed by atoms with Crippen molar-refractivity contribution >= 4 is 33.0 Å². The van der Waals surface area contributed by atoms with Crippen molar-refractivity contribution in [2.24, 2.45) is 0 Å². The maximum Gasteiger partial charge on any atom is 0.120 e. The molecule has 1 radical (unpaired) electrons. The number of para-hydroxylation sites is 2. The van der Waals surface area contributed by atoms with Crippen molar-refractivity contribution in [3.63, 3.8) is 0 Å². The van der Waals surface area contributed by atoms with E-state index >= 15 is 0 Å². The van der Waals surface area contributed by atoms with Gasteiger partial charge < -0.3 is 14.0 Å². The molecular weight excluding hydrogens is 745 g/mol. The van der Waals surface area contributed by atoms with Gasteiger partial charge in [-0.15, -0.1) is 53.6 Å². The predicted octanol–water partition coefficient (Wildman–Crippen LogP) is 9.94. The monoisotopic (exact) mass is 777 g/mol. The molecule has 4 heterocycles. The van der Waals surface area contributed by atoms with Crippen LogP contribution in [0, 0.1) is 19.1 Å². The van der Waals surface area contributed by atoms with Crippen LogP contribution in [0.5, 0.6) is 0 Å². The molecule has 8 rings (SSSR count). The Morgan fingerprint density at radius 2 is 1.52 bits per heavy atom. The van der Waals surface area contributed by atoms with E-state index in [0.29, 0.717) is 0 Å². The summed E-state index contributed by atoms with van der Waals surface area (Å²) in [6.07, 6.45) is 3.67. The van der Waals surface area contributed by atoms with Gasteiger partial charge in [0.25, 0.3) is 0 Å². The summed E-state index contributed by atoms with van der Waals surface area (Å²) in [6.45, 7) is 8.62. The Labute approximate surface area is 282 Å². The van der Waals surface area contributed by atoms with E-state index in [-0.39, 0.29) is 25.5 Å². The molecule has 229 valence electrons. The minimum atomic E-state index is -0.141. The van der Waals surface area contributed by atoms with E-state index in [4.69, 9.17) is 14.4 Å². The first-order chi connectivity index (χ1) is 21.9. The van der Waals surface area contributed by atoms with Crippen LogP contribution in [0.25, 0.3) is 61.3 Å². The van der Waals surface area contributed by atoms with Crippen molar-refractivity contribution in [2.75, 3.05) is 0 Å². The molecule has 4 aromatic carbocycles. The van der Waals surface area contributed by atoms with Crippen LogP contribution in [0.2, 0.25) is 0 Å². The number of aromatic nitrogens is 4. The molecule has 0 bridgehead atoms. The molecule has 6 heteroatoms. The van der Waals surface area contributed by atoms with Gasteiger partial charge in [0.05, 0.1) is 28.1 Å². The van der Waals surface area contributed by atoms with Crippen LogP contribution < -0.4 is 0 Å². The molecule has 0 amide bonds. The number of benzene rings is 4. The third-order valence-corrected chi connectivity index (χ3v) is 7.82. The van der Waals surface area contributed by atoms with E-state index in [1.54, 1.807) is 6.20 Å². The van der Waals surface area contributed by atoms with E-state index < -0.39 is 0 Å². The number of aryl methyl sites for hydroxylation is 1. The second-order valence-corrected chi connectivity index (χ2v) is 12.0. The summed E-state index contributed by atoms with van der Waals surface area (Å²) in [5.74, 6) is 0.804. The Morgan fingerprint density at radius 1 is 0.761 bits per heavy atom. The van der Waals surface area contributed by atoms with Gasteiger partial charge in [-0.25, -0.2) is 0 Å². The van der Waals surface area contributed by atoms with Gasteiger partial charge in [0.1, 0.15) is 5.58 Å². The van der Waals surface area contributed by atoms with Crippen molar-refractivity contribution in [3.05, 3.63) is 145 Å². The third kappa shape index (κ3) is 5.78. The second kappa shape index (κ2) is 12.8. The topological polar surface area (TPSA) is 56.7 Å². The first-order valence-corrected chi connectivity index (χ1v) is 15.0. The molecule has 0 atom stereocenters. The minimum absolute atomic E-state index is 0. The Balaban J connectivity index is 0.000000241. The molecule has 0 aliphatic heterocycles. The molecule has 5 nitrogen and oxygen atoms in total. The fourth-order valence-corrected chi connectivity index (χ4v) is 5.73. The molecule has 0 aliphatic carbocycles. The Kier molecular flexibility index (Phi) is 8.68. The van der Waals surface area contributed by atoms with Gasteiger partial charge in [0.15, 0.2) is 0 Å². The number of pyridine rings is 2. The fraction of sp³-hybridized carbons (Fsp3) is 0.125. The van der Waals surface area contributed by atoms with Crippen molar-refractivity contribution in [2.45, 2.75) is 33.1 Å². The number of furan rings is 1. The Hall–Kier alpha value is -4.90. The van der Waals surface area contributed by atoms with E-state index in [1.807, 2.05) is 97.2 Å². The van der Waals surface area contributed by atoms with Crippen LogP contribution in [0.15, 0.2) is 126 Å². The zero-order valence-corrected chi connectivity index (χ0v) is 28.5. The standard InChI is InChI=1S/C29H24N3O.C11H8N.Ir/c1-18-14-15-21(26-24(18)20-12-8-9-13-23(20)33-26)28-31-25-22(16-17-30-27(25)29(2,3)4)32(28)19-10-6-5-7-11-19;1-2-6-10(7-3-1)11-8-4-5-9-12-11;/h5-14,16-17H,1-4H3;1-6,8-9H;/q2*-1;. The van der Waals surface area contributed by atoms with Crippen molar-refractivity contribution in [1.29, 1.82) is 0 Å². The Bertz CT molecular complexity index is 2210. The first kappa shape index (κ1) is 31.1. The van der Waals surface area contributed by atoms with Gasteiger partial charge in [0, 0.05) is 49.0 Å². The number of imidazole rings is 1. The number of fused-ring (bicyclic) bond motifs is 4. The van der Waals surface area contributed by atoms with Gasteiger partial charge >= 0.3 is 0 Å². The molecule has 0 saturated heterocycles. The molecule has 0 aliphatic rings. The van der Waals surface area contributed by atoms with Gasteiger partial charge in [-0.05, 0) is 36.0 Å². The van der Waals surface area contributed by atoms with Crippen LogP contribution in [0.3, 0.4) is 0 Å². The van der Waals surface area contributed by atoms with Gasteiger partial charge in [-0.3, -0.25) is 9.97 Å². The van der Waals surface area contributed by atoms with Gasteiger partial charge in [0.2, 0.25) is 0 Å².